The Morgan fingerprint density at radius 2 is 1.81 bits per heavy atom. The molecule has 21 heavy (non-hydrogen) atoms. The van der Waals surface area contributed by atoms with E-state index in [0.717, 1.165) is 23.6 Å². The van der Waals surface area contributed by atoms with Gasteiger partial charge in [-0.25, -0.2) is 9.67 Å². The van der Waals surface area contributed by atoms with E-state index in [0.29, 0.717) is 6.04 Å². The van der Waals surface area contributed by atoms with Crippen LogP contribution in [0.25, 0.3) is 11.4 Å². The lowest BCUT2D eigenvalue weighted by molar-refractivity contribution is 0.263. The molecular formula is C17H24N4. The lowest BCUT2D eigenvalue weighted by Gasteiger charge is -2.24. The monoisotopic (exact) mass is 284 g/mol. The van der Waals surface area contributed by atoms with E-state index in [4.69, 9.17) is 0 Å². The molecule has 2 aromatic rings. The van der Waals surface area contributed by atoms with E-state index in [1.54, 1.807) is 0 Å². The highest BCUT2D eigenvalue weighted by Gasteiger charge is 2.19. The number of likely N-dealkylation sites (tertiary alicyclic amines) is 1. The minimum atomic E-state index is 0.507. The molecule has 4 heteroatoms. The zero-order chi connectivity index (χ0) is 14.8. The number of benzene rings is 1. The number of hydrogen-bond donors (Lipinski definition) is 0. The van der Waals surface area contributed by atoms with Gasteiger partial charge in [0.1, 0.15) is 0 Å². The Balaban J connectivity index is 1.81. The molecule has 1 aliphatic heterocycles. The highest BCUT2D eigenvalue weighted by atomic mass is 15.3. The first-order chi connectivity index (χ1) is 10.2. The zero-order valence-corrected chi connectivity index (χ0v) is 13.2. The van der Waals surface area contributed by atoms with Crippen molar-refractivity contribution in [3.63, 3.8) is 0 Å². The molecule has 112 valence electrons. The molecule has 3 rings (SSSR count). The van der Waals surface area contributed by atoms with Crippen molar-refractivity contribution in [2.24, 2.45) is 7.05 Å². The molecule has 0 amide bonds. The summed E-state index contributed by atoms with van der Waals surface area (Å²) in [7, 11) is 1.96. The maximum absolute atomic E-state index is 4.59. The van der Waals surface area contributed by atoms with Crippen LogP contribution in [-0.4, -0.2) is 32.8 Å². The smallest absolute Gasteiger partial charge is 0.158 e. The Kier molecular flexibility index (Phi) is 4.06. The predicted octanol–water partition coefficient (Wildman–Crippen LogP) is 3.20. The number of hydrogen-bond acceptors (Lipinski definition) is 3. The van der Waals surface area contributed by atoms with Crippen molar-refractivity contribution in [3.8, 4) is 11.4 Å². The van der Waals surface area contributed by atoms with Gasteiger partial charge in [-0.15, -0.1) is 0 Å². The molecule has 4 nitrogen and oxygen atoms in total. The molecule has 0 spiro atoms. The second kappa shape index (κ2) is 5.98. The van der Waals surface area contributed by atoms with Gasteiger partial charge >= 0.3 is 0 Å². The average molecular weight is 284 g/mol. The molecule has 1 aromatic heterocycles. The summed E-state index contributed by atoms with van der Waals surface area (Å²) >= 11 is 0. The summed E-state index contributed by atoms with van der Waals surface area (Å²) in [4.78, 5) is 7.15. The van der Waals surface area contributed by atoms with Crippen molar-refractivity contribution in [3.05, 3.63) is 35.7 Å². The van der Waals surface area contributed by atoms with Gasteiger partial charge in [-0.05, 0) is 38.4 Å². The van der Waals surface area contributed by atoms with E-state index < -0.39 is 0 Å². The second-order valence-electron chi connectivity index (χ2n) is 5.87. The Labute approximate surface area is 126 Å². The minimum absolute atomic E-state index is 0.507. The molecule has 1 atom stereocenters. The highest BCUT2D eigenvalue weighted by molar-refractivity contribution is 5.55. The normalized spacial score (nSPS) is 17.3. The molecule has 0 bridgehead atoms. The van der Waals surface area contributed by atoms with Crippen LogP contribution in [0, 0.1) is 0 Å². The maximum atomic E-state index is 4.59. The van der Waals surface area contributed by atoms with Gasteiger partial charge in [-0.1, -0.05) is 31.2 Å². The maximum Gasteiger partial charge on any atom is 0.158 e. The lowest BCUT2D eigenvalue weighted by Crippen LogP contribution is -2.23. The van der Waals surface area contributed by atoms with Gasteiger partial charge in [0.15, 0.2) is 11.6 Å². The molecular weight excluding hydrogens is 260 g/mol. The molecule has 2 heterocycles. The van der Waals surface area contributed by atoms with Crippen LogP contribution >= 0.6 is 0 Å². The third-order valence-electron chi connectivity index (χ3n) is 4.46. The van der Waals surface area contributed by atoms with Crippen LogP contribution < -0.4 is 0 Å². The van der Waals surface area contributed by atoms with Crippen molar-refractivity contribution >= 4 is 0 Å². The van der Waals surface area contributed by atoms with Crippen LogP contribution in [-0.2, 0) is 13.5 Å². The molecule has 1 fully saturated rings. The first kappa shape index (κ1) is 14.3. The SMILES string of the molecule is CCc1nc(-c2ccc(C(C)N3CCCC3)cc2)n(C)n1. The Bertz CT molecular complexity index is 594. The average Bonchev–Trinajstić information content (AvgIpc) is 3.16. The zero-order valence-electron chi connectivity index (χ0n) is 13.2. The largest absolute Gasteiger partial charge is 0.297 e. The van der Waals surface area contributed by atoms with Crippen molar-refractivity contribution in [1.29, 1.82) is 0 Å². The third-order valence-corrected chi connectivity index (χ3v) is 4.46. The van der Waals surface area contributed by atoms with Gasteiger partial charge in [-0.2, -0.15) is 5.10 Å². The van der Waals surface area contributed by atoms with E-state index >= 15 is 0 Å². The Morgan fingerprint density at radius 1 is 1.14 bits per heavy atom. The first-order valence-corrected chi connectivity index (χ1v) is 7.93. The fourth-order valence-electron chi connectivity index (χ4n) is 3.09. The van der Waals surface area contributed by atoms with E-state index in [2.05, 4.69) is 53.1 Å². The van der Waals surface area contributed by atoms with Crippen LogP contribution in [0.3, 0.4) is 0 Å². The summed E-state index contributed by atoms with van der Waals surface area (Å²) < 4.78 is 1.87. The van der Waals surface area contributed by atoms with E-state index in [9.17, 15) is 0 Å². The van der Waals surface area contributed by atoms with Crippen molar-refractivity contribution in [2.75, 3.05) is 13.1 Å². The summed E-state index contributed by atoms with van der Waals surface area (Å²) in [6.45, 7) is 6.84. The van der Waals surface area contributed by atoms with Crippen molar-refractivity contribution < 1.29 is 0 Å². The molecule has 1 aliphatic rings. The fraction of sp³-hybridized carbons (Fsp3) is 0.529. The third kappa shape index (κ3) is 2.86. The number of aryl methyl sites for hydroxylation is 2. The topological polar surface area (TPSA) is 34.0 Å². The second-order valence-corrected chi connectivity index (χ2v) is 5.87. The van der Waals surface area contributed by atoms with Crippen LogP contribution in [0.4, 0.5) is 0 Å². The first-order valence-electron chi connectivity index (χ1n) is 7.93. The standard InChI is InChI=1S/C17H24N4/c1-4-16-18-17(20(3)19-16)15-9-7-14(8-10-15)13(2)21-11-5-6-12-21/h7-10,13H,4-6,11-12H2,1-3H3. The van der Waals surface area contributed by atoms with E-state index in [-0.39, 0.29) is 0 Å². The van der Waals surface area contributed by atoms with Crippen molar-refractivity contribution in [1.82, 2.24) is 19.7 Å². The number of aromatic nitrogens is 3. The van der Waals surface area contributed by atoms with Gasteiger partial charge in [-0.3, -0.25) is 4.90 Å². The summed E-state index contributed by atoms with van der Waals surface area (Å²) in [6.07, 6.45) is 3.54. The van der Waals surface area contributed by atoms with Crippen molar-refractivity contribution in [2.45, 2.75) is 39.2 Å². The fourth-order valence-corrected chi connectivity index (χ4v) is 3.09. The quantitative estimate of drug-likeness (QED) is 0.864. The summed E-state index contributed by atoms with van der Waals surface area (Å²) in [5.41, 5.74) is 2.53. The lowest BCUT2D eigenvalue weighted by atomic mass is 10.0. The molecule has 1 aromatic carbocycles. The summed E-state index contributed by atoms with van der Waals surface area (Å²) in [5.74, 6) is 1.86. The molecule has 0 aliphatic carbocycles. The van der Waals surface area contributed by atoms with Gasteiger partial charge < -0.3 is 0 Å². The molecule has 1 unspecified atom stereocenters. The Hall–Kier alpha value is -1.68. The molecule has 0 radical (unpaired) electrons. The van der Waals surface area contributed by atoms with Gasteiger partial charge in [0.2, 0.25) is 0 Å². The summed E-state index contributed by atoms with van der Waals surface area (Å²) in [5, 5.41) is 4.42. The molecule has 1 saturated heterocycles. The molecule has 0 saturated carbocycles. The van der Waals surface area contributed by atoms with E-state index in [1.165, 1.54) is 31.5 Å². The predicted molar refractivity (Wildman–Crippen MR) is 85.0 cm³/mol. The molecule has 0 N–H and O–H groups in total. The highest BCUT2D eigenvalue weighted by Crippen LogP contribution is 2.26. The number of nitrogens with zero attached hydrogens (tertiary/aromatic N) is 4. The van der Waals surface area contributed by atoms with Crippen LogP contribution in [0.5, 0.6) is 0 Å². The van der Waals surface area contributed by atoms with Crippen LogP contribution in [0.15, 0.2) is 24.3 Å². The summed E-state index contributed by atoms with van der Waals surface area (Å²) in [6, 6.07) is 9.32. The number of rotatable bonds is 4. The van der Waals surface area contributed by atoms with Gasteiger partial charge in [0, 0.05) is 25.1 Å². The van der Waals surface area contributed by atoms with Crippen LogP contribution in [0.2, 0.25) is 0 Å². The van der Waals surface area contributed by atoms with Gasteiger partial charge in [0.05, 0.1) is 0 Å². The van der Waals surface area contributed by atoms with Gasteiger partial charge in [0.25, 0.3) is 0 Å². The van der Waals surface area contributed by atoms with E-state index in [1.807, 2.05) is 11.7 Å². The van der Waals surface area contributed by atoms with Crippen LogP contribution in [0.1, 0.15) is 44.1 Å². The Morgan fingerprint density at radius 3 is 2.38 bits per heavy atom. The minimum Gasteiger partial charge on any atom is -0.297 e.